The monoisotopic (exact) mass is 373 g/mol. The van der Waals surface area contributed by atoms with Crippen LogP contribution in [0.1, 0.15) is 18.2 Å². The zero-order chi connectivity index (χ0) is 19.8. The minimum atomic E-state index is 0.990. The van der Waals surface area contributed by atoms with Gasteiger partial charge in [0.25, 0.3) is 0 Å². The molecule has 1 heterocycles. The van der Waals surface area contributed by atoms with Gasteiger partial charge in [0.05, 0.1) is 11.2 Å². The lowest BCUT2D eigenvalue weighted by Gasteiger charge is -2.12. The van der Waals surface area contributed by atoms with Crippen LogP contribution < -0.4 is 0 Å². The average Bonchev–Trinajstić information content (AvgIpc) is 3.35. The van der Waals surface area contributed by atoms with E-state index in [0.717, 1.165) is 12.1 Å². The van der Waals surface area contributed by atoms with E-state index < -0.39 is 0 Å². The van der Waals surface area contributed by atoms with Crippen molar-refractivity contribution in [2.45, 2.75) is 13.3 Å². The number of nitrogens with zero attached hydrogens (tertiary/aromatic N) is 1. The maximum Gasteiger partial charge on any atom is 0.0616 e. The van der Waals surface area contributed by atoms with Gasteiger partial charge in [0.2, 0.25) is 0 Å². The van der Waals surface area contributed by atoms with Crippen molar-refractivity contribution in [2.75, 3.05) is 0 Å². The number of hydrogen-bond acceptors (Lipinski definition) is 0. The van der Waals surface area contributed by atoms with Gasteiger partial charge in [-0.2, -0.15) is 0 Å². The van der Waals surface area contributed by atoms with E-state index >= 15 is 0 Å². The molecule has 1 heteroatoms. The molecule has 0 amide bonds. The van der Waals surface area contributed by atoms with E-state index in [9.17, 15) is 0 Å². The molecule has 0 spiro atoms. The Kier molecular flexibility index (Phi) is 4.29. The third-order valence-corrected chi connectivity index (χ3v) is 5.68. The topological polar surface area (TPSA) is 4.93 Å². The number of hydrogen-bond donors (Lipinski definition) is 0. The first-order chi connectivity index (χ1) is 14.3. The number of benzene rings is 3. The van der Waals surface area contributed by atoms with Gasteiger partial charge in [-0.3, -0.25) is 0 Å². The van der Waals surface area contributed by atoms with Gasteiger partial charge in [-0.25, -0.2) is 0 Å². The smallest absolute Gasteiger partial charge is 0.0616 e. The van der Waals surface area contributed by atoms with Crippen molar-refractivity contribution < 1.29 is 0 Å². The quantitative estimate of drug-likeness (QED) is 0.324. The second-order valence-corrected chi connectivity index (χ2v) is 7.40. The summed E-state index contributed by atoms with van der Waals surface area (Å²) in [6.45, 7) is 5.99. The highest BCUT2D eigenvalue weighted by molar-refractivity contribution is 6.11. The fourth-order valence-electron chi connectivity index (χ4n) is 4.44. The molecule has 0 bridgehead atoms. The van der Waals surface area contributed by atoms with Crippen LogP contribution in [0.5, 0.6) is 0 Å². The molecule has 0 saturated heterocycles. The first-order valence-corrected chi connectivity index (χ1v) is 10.1. The molecular formula is C28H23N. The summed E-state index contributed by atoms with van der Waals surface area (Å²) in [5.41, 5.74) is 7.61. The lowest BCUT2D eigenvalue weighted by molar-refractivity contribution is 1.15. The molecule has 29 heavy (non-hydrogen) atoms. The van der Waals surface area contributed by atoms with Crippen LogP contribution in [0.15, 0.2) is 97.6 Å². The van der Waals surface area contributed by atoms with Crippen LogP contribution in [-0.4, -0.2) is 4.57 Å². The van der Waals surface area contributed by atoms with Crippen molar-refractivity contribution in [3.8, 4) is 11.1 Å². The Balaban J connectivity index is 1.84. The zero-order valence-corrected chi connectivity index (χ0v) is 16.6. The molecule has 3 aromatic carbocycles. The van der Waals surface area contributed by atoms with E-state index in [0.29, 0.717) is 0 Å². The van der Waals surface area contributed by atoms with Crippen molar-refractivity contribution in [1.82, 2.24) is 4.57 Å². The summed E-state index contributed by atoms with van der Waals surface area (Å²) < 4.78 is 2.39. The molecule has 0 radical (unpaired) electrons. The molecule has 1 aromatic heterocycles. The van der Waals surface area contributed by atoms with Gasteiger partial charge >= 0.3 is 0 Å². The Morgan fingerprint density at radius 2 is 1.79 bits per heavy atom. The number of rotatable bonds is 4. The van der Waals surface area contributed by atoms with E-state index in [1.54, 1.807) is 0 Å². The number of allylic oxidation sites excluding steroid dienone is 6. The van der Waals surface area contributed by atoms with Gasteiger partial charge in [0.15, 0.2) is 0 Å². The Labute approximate surface area is 171 Å². The van der Waals surface area contributed by atoms with E-state index in [2.05, 4.69) is 109 Å². The van der Waals surface area contributed by atoms with Crippen molar-refractivity contribution in [2.24, 2.45) is 0 Å². The van der Waals surface area contributed by atoms with E-state index in [1.165, 1.54) is 44.1 Å². The predicted molar refractivity (Wildman–Crippen MR) is 127 cm³/mol. The van der Waals surface area contributed by atoms with Crippen LogP contribution in [0.25, 0.3) is 44.6 Å². The lowest BCUT2D eigenvalue weighted by atomic mass is 9.99. The minimum absolute atomic E-state index is 0.990. The van der Waals surface area contributed by atoms with Gasteiger partial charge < -0.3 is 4.57 Å². The highest BCUT2D eigenvalue weighted by atomic mass is 15.0. The highest BCUT2D eigenvalue weighted by Crippen LogP contribution is 2.39. The van der Waals surface area contributed by atoms with Gasteiger partial charge in [0, 0.05) is 16.5 Å². The van der Waals surface area contributed by atoms with Crippen LogP contribution >= 0.6 is 0 Å². The van der Waals surface area contributed by atoms with Gasteiger partial charge in [-0.15, -0.1) is 0 Å². The number of fused-ring (bicyclic) bond motifs is 5. The summed E-state index contributed by atoms with van der Waals surface area (Å²) in [7, 11) is 0. The fraction of sp³-hybridized carbons (Fsp3) is 0.0714. The molecule has 0 saturated carbocycles. The standard InChI is InChI=1S/C28H23N/c1-3-9-23(10-4-2)29-27-14-8-13-25(27)26-18-16-22-19-21(15-17-24(22)28(26)29)20-11-6-5-7-12-20/h3-12,14-19H,1,13H2,2H3/b10-4-,23-9+. The van der Waals surface area contributed by atoms with Gasteiger partial charge in [-0.05, 0) is 59.7 Å². The second kappa shape index (κ2) is 7.10. The minimum Gasteiger partial charge on any atom is -0.309 e. The first kappa shape index (κ1) is 17.5. The molecule has 0 aliphatic heterocycles. The van der Waals surface area contributed by atoms with E-state index in [4.69, 9.17) is 0 Å². The second-order valence-electron chi connectivity index (χ2n) is 7.40. The van der Waals surface area contributed by atoms with Crippen LogP contribution in [0.2, 0.25) is 0 Å². The largest absolute Gasteiger partial charge is 0.309 e. The van der Waals surface area contributed by atoms with Crippen molar-refractivity contribution in [3.05, 3.63) is 109 Å². The van der Waals surface area contributed by atoms with Crippen LogP contribution in [0.4, 0.5) is 0 Å². The van der Waals surface area contributed by atoms with E-state index in [1.807, 2.05) is 6.08 Å². The molecule has 1 aliphatic carbocycles. The summed E-state index contributed by atoms with van der Waals surface area (Å²) in [6.07, 6.45) is 13.7. The molecule has 0 unspecified atom stereocenters. The van der Waals surface area contributed by atoms with Crippen molar-refractivity contribution >= 4 is 33.4 Å². The van der Waals surface area contributed by atoms with Crippen LogP contribution in [0, 0.1) is 0 Å². The predicted octanol–water partition coefficient (Wildman–Crippen LogP) is 7.63. The number of aromatic nitrogens is 1. The maximum absolute atomic E-state index is 3.93. The lowest BCUT2D eigenvalue weighted by Crippen LogP contribution is -1.97. The Bertz CT molecular complexity index is 1330. The molecule has 1 nitrogen and oxygen atoms in total. The van der Waals surface area contributed by atoms with Gasteiger partial charge in [0.1, 0.15) is 0 Å². The molecule has 1 aliphatic rings. The van der Waals surface area contributed by atoms with Crippen LogP contribution in [0.3, 0.4) is 0 Å². The first-order valence-electron chi connectivity index (χ1n) is 10.1. The Hall–Kier alpha value is -3.58. The maximum atomic E-state index is 3.93. The summed E-state index contributed by atoms with van der Waals surface area (Å²) in [5, 5.41) is 3.88. The Morgan fingerprint density at radius 1 is 0.966 bits per heavy atom. The summed E-state index contributed by atoms with van der Waals surface area (Å²) in [5.74, 6) is 0. The molecule has 0 fully saturated rings. The fourth-order valence-corrected chi connectivity index (χ4v) is 4.44. The van der Waals surface area contributed by atoms with Crippen molar-refractivity contribution in [1.29, 1.82) is 0 Å². The third-order valence-electron chi connectivity index (χ3n) is 5.68. The highest BCUT2D eigenvalue weighted by Gasteiger charge is 2.21. The van der Waals surface area contributed by atoms with Gasteiger partial charge in [-0.1, -0.05) is 79.4 Å². The normalized spacial score (nSPS) is 13.6. The average molecular weight is 373 g/mol. The summed E-state index contributed by atoms with van der Waals surface area (Å²) in [6, 6.07) is 21.9. The molecule has 5 rings (SSSR count). The molecule has 0 atom stereocenters. The molecular weight excluding hydrogens is 350 g/mol. The molecule has 140 valence electrons. The van der Waals surface area contributed by atoms with Crippen LogP contribution in [-0.2, 0) is 6.42 Å². The molecule has 0 N–H and O–H groups in total. The Morgan fingerprint density at radius 3 is 2.59 bits per heavy atom. The SMILES string of the molecule is C=C/C=C(\C=C/C)n1c2c(c3ccc4cc(-c5ccccc5)ccc4c31)CC=C2. The third kappa shape index (κ3) is 2.78. The molecule has 4 aromatic rings. The summed E-state index contributed by atoms with van der Waals surface area (Å²) >= 11 is 0. The zero-order valence-electron chi connectivity index (χ0n) is 16.6. The summed E-state index contributed by atoms with van der Waals surface area (Å²) in [4.78, 5) is 0. The van der Waals surface area contributed by atoms with Crippen molar-refractivity contribution in [3.63, 3.8) is 0 Å². The van der Waals surface area contributed by atoms with E-state index in [-0.39, 0.29) is 0 Å².